The Kier molecular flexibility index (Phi) is 4.20. The quantitative estimate of drug-likeness (QED) is 0.932. The summed E-state index contributed by atoms with van der Waals surface area (Å²) in [5, 5.41) is 2.61. The predicted molar refractivity (Wildman–Crippen MR) is 73.9 cm³/mol. The Balaban J connectivity index is 2.19. The Bertz CT molecular complexity index is 628. The van der Waals surface area contributed by atoms with E-state index >= 15 is 0 Å². The molecule has 0 aliphatic carbocycles. The zero-order chi connectivity index (χ0) is 14.5. The molecule has 5 heteroatoms. The minimum absolute atomic E-state index is 0.0476. The molecule has 0 aromatic heterocycles. The van der Waals surface area contributed by atoms with E-state index in [9.17, 15) is 9.18 Å². The standard InChI is InChI=1S/C15H14FNO3/c1-19-11-5-3-4-10(8-11)17-15(18)13-7-6-12(20-2)9-14(13)16/h3-9H,1-2H3,(H,17,18). The Morgan fingerprint density at radius 2 is 1.75 bits per heavy atom. The number of hydrogen-bond donors (Lipinski definition) is 1. The van der Waals surface area contributed by atoms with E-state index in [0.29, 0.717) is 17.2 Å². The van der Waals surface area contributed by atoms with Crippen molar-refractivity contribution in [2.75, 3.05) is 19.5 Å². The maximum atomic E-state index is 13.8. The van der Waals surface area contributed by atoms with Crippen LogP contribution in [0.3, 0.4) is 0 Å². The van der Waals surface area contributed by atoms with E-state index in [0.717, 1.165) is 0 Å². The first-order chi connectivity index (χ1) is 9.63. The molecule has 2 rings (SSSR count). The Morgan fingerprint density at radius 1 is 1.05 bits per heavy atom. The van der Waals surface area contributed by atoms with E-state index in [-0.39, 0.29) is 5.56 Å². The monoisotopic (exact) mass is 275 g/mol. The van der Waals surface area contributed by atoms with E-state index in [1.54, 1.807) is 24.3 Å². The third-order valence-corrected chi connectivity index (χ3v) is 2.75. The lowest BCUT2D eigenvalue weighted by Gasteiger charge is -2.08. The number of ether oxygens (including phenoxy) is 2. The number of nitrogens with one attached hydrogen (secondary N) is 1. The molecule has 0 saturated heterocycles. The van der Waals surface area contributed by atoms with Gasteiger partial charge in [0.05, 0.1) is 19.8 Å². The summed E-state index contributed by atoms with van der Waals surface area (Å²) < 4.78 is 23.7. The van der Waals surface area contributed by atoms with Crippen LogP contribution in [0.15, 0.2) is 42.5 Å². The highest BCUT2D eigenvalue weighted by Gasteiger charge is 2.13. The van der Waals surface area contributed by atoms with Crippen LogP contribution in [0.4, 0.5) is 10.1 Å². The fourth-order valence-corrected chi connectivity index (χ4v) is 1.71. The maximum absolute atomic E-state index is 13.8. The fraction of sp³-hybridized carbons (Fsp3) is 0.133. The Morgan fingerprint density at radius 3 is 2.40 bits per heavy atom. The lowest BCUT2D eigenvalue weighted by atomic mass is 10.2. The highest BCUT2D eigenvalue weighted by Crippen LogP contribution is 2.20. The third-order valence-electron chi connectivity index (χ3n) is 2.75. The summed E-state index contributed by atoms with van der Waals surface area (Å²) in [6.07, 6.45) is 0. The van der Waals surface area contributed by atoms with Crippen molar-refractivity contribution in [1.29, 1.82) is 0 Å². The van der Waals surface area contributed by atoms with Crippen LogP contribution >= 0.6 is 0 Å². The minimum atomic E-state index is -0.634. The van der Waals surface area contributed by atoms with Crippen molar-refractivity contribution in [3.8, 4) is 11.5 Å². The van der Waals surface area contributed by atoms with Gasteiger partial charge >= 0.3 is 0 Å². The van der Waals surface area contributed by atoms with E-state index in [1.165, 1.54) is 32.4 Å². The Labute approximate surface area is 116 Å². The summed E-state index contributed by atoms with van der Waals surface area (Å²) in [7, 11) is 2.97. The molecule has 0 spiro atoms. The second-order valence-electron chi connectivity index (χ2n) is 4.03. The van der Waals surface area contributed by atoms with Crippen LogP contribution in [0.25, 0.3) is 0 Å². The zero-order valence-electron chi connectivity index (χ0n) is 11.1. The van der Waals surface area contributed by atoms with Crippen LogP contribution in [-0.2, 0) is 0 Å². The van der Waals surface area contributed by atoms with Crippen molar-refractivity contribution < 1.29 is 18.7 Å². The van der Waals surface area contributed by atoms with Gasteiger partial charge in [-0.3, -0.25) is 4.79 Å². The first kappa shape index (κ1) is 13.9. The molecule has 104 valence electrons. The molecular formula is C15H14FNO3. The van der Waals surface area contributed by atoms with Gasteiger partial charge in [0, 0.05) is 17.8 Å². The van der Waals surface area contributed by atoms with Gasteiger partial charge in [-0.1, -0.05) is 6.07 Å². The van der Waals surface area contributed by atoms with Gasteiger partial charge in [-0.2, -0.15) is 0 Å². The normalized spacial score (nSPS) is 9.95. The molecule has 0 saturated carbocycles. The first-order valence-electron chi connectivity index (χ1n) is 5.93. The SMILES string of the molecule is COc1cccc(NC(=O)c2ccc(OC)cc2F)c1. The number of carbonyl (C=O) groups is 1. The van der Waals surface area contributed by atoms with Crippen molar-refractivity contribution in [1.82, 2.24) is 0 Å². The maximum Gasteiger partial charge on any atom is 0.258 e. The van der Waals surface area contributed by atoms with Gasteiger partial charge in [0.15, 0.2) is 0 Å². The number of carbonyl (C=O) groups excluding carboxylic acids is 1. The average molecular weight is 275 g/mol. The molecule has 1 N–H and O–H groups in total. The Hall–Kier alpha value is -2.56. The average Bonchev–Trinajstić information content (AvgIpc) is 2.47. The van der Waals surface area contributed by atoms with Crippen LogP contribution in [0.1, 0.15) is 10.4 Å². The van der Waals surface area contributed by atoms with E-state index in [2.05, 4.69) is 5.32 Å². The van der Waals surface area contributed by atoms with Gasteiger partial charge < -0.3 is 14.8 Å². The number of hydrogen-bond acceptors (Lipinski definition) is 3. The predicted octanol–water partition coefficient (Wildman–Crippen LogP) is 3.10. The first-order valence-corrected chi connectivity index (χ1v) is 5.93. The number of benzene rings is 2. The molecule has 0 heterocycles. The molecule has 0 aliphatic rings. The third kappa shape index (κ3) is 3.06. The molecule has 0 fully saturated rings. The summed E-state index contributed by atoms with van der Waals surface area (Å²) in [5.41, 5.74) is 0.484. The second kappa shape index (κ2) is 6.06. The van der Waals surface area contributed by atoms with Gasteiger partial charge in [-0.05, 0) is 24.3 Å². The highest BCUT2D eigenvalue weighted by molar-refractivity contribution is 6.04. The largest absolute Gasteiger partial charge is 0.497 e. The van der Waals surface area contributed by atoms with Crippen molar-refractivity contribution in [3.63, 3.8) is 0 Å². The van der Waals surface area contributed by atoms with E-state index in [1.807, 2.05) is 0 Å². The number of rotatable bonds is 4. The number of methoxy groups -OCH3 is 2. The van der Waals surface area contributed by atoms with Crippen LogP contribution in [0, 0.1) is 5.82 Å². The summed E-state index contributed by atoms with van der Waals surface area (Å²) in [6.45, 7) is 0. The van der Waals surface area contributed by atoms with Gasteiger partial charge in [0.2, 0.25) is 0 Å². The summed E-state index contributed by atoms with van der Waals surface area (Å²) in [4.78, 5) is 12.0. The van der Waals surface area contributed by atoms with E-state index in [4.69, 9.17) is 9.47 Å². The number of amides is 1. The summed E-state index contributed by atoms with van der Waals surface area (Å²) in [6, 6.07) is 10.9. The molecule has 1 amide bonds. The topological polar surface area (TPSA) is 47.6 Å². The highest BCUT2D eigenvalue weighted by atomic mass is 19.1. The molecular weight excluding hydrogens is 261 g/mol. The molecule has 0 aliphatic heterocycles. The summed E-state index contributed by atoms with van der Waals surface area (Å²) >= 11 is 0. The summed E-state index contributed by atoms with van der Waals surface area (Å²) in [5.74, 6) is -0.193. The molecule has 2 aromatic carbocycles. The van der Waals surface area contributed by atoms with E-state index < -0.39 is 11.7 Å². The minimum Gasteiger partial charge on any atom is -0.497 e. The number of halogens is 1. The number of anilines is 1. The lowest BCUT2D eigenvalue weighted by Crippen LogP contribution is -2.13. The van der Waals surface area contributed by atoms with Crippen molar-refractivity contribution in [2.24, 2.45) is 0 Å². The van der Waals surface area contributed by atoms with Gasteiger partial charge in [0.1, 0.15) is 17.3 Å². The van der Waals surface area contributed by atoms with Crippen LogP contribution < -0.4 is 14.8 Å². The molecule has 0 radical (unpaired) electrons. The van der Waals surface area contributed by atoms with Crippen molar-refractivity contribution in [3.05, 3.63) is 53.8 Å². The molecule has 20 heavy (non-hydrogen) atoms. The van der Waals surface area contributed by atoms with Crippen LogP contribution in [0.5, 0.6) is 11.5 Å². The molecule has 2 aromatic rings. The second-order valence-corrected chi connectivity index (χ2v) is 4.03. The smallest absolute Gasteiger partial charge is 0.258 e. The van der Waals surface area contributed by atoms with Gasteiger partial charge in [-0.15, -0.1) is 0 Å². The fourth-order valence-electron chi connectivity index (χ4n) is 1.71. The van der Waals surface area contributed by atoms with Crippen molar-refractivity contribution >= 4 is 11.6 Å². The molecule has 0 bridgehead atoms. The lowest BCUT2D eigenvalue weighted by molar-refractivity contribution is 0.102. The van der Waals surface area contributed by atoms with Crippen LogP contribution in [0.2, 0.25) is 0 Å². The zero-order valence-corrected chi connectivity index (χ0v) is 11.1. The van der Waals surface area contributed by atoms with Gasteiger partial charge in [-0.25, -0.2) is 4.39 Å². The molecule has 0 unspecified atom stereocenters. The van der Waals surface area contributed by atoms with Crippen molar-refractivity contribution in [2.45, 2.75) is 0 Å². The van der Waals surface area contributed by atoms with Crippen LogP contribution in [-0.4, -0.2) is 20.1 Å². The molecule has 0 atom stereocenters. The van der Waals surface area contributed by atoms with Gasteiger partial charge in [0.25, 0.3) is 5.91 Å². The molecule has 4 nitrogen and oxygen atoms in total.